The number of carbonyl (C=O) groups is 1. The van der Waals surface area contributed by atoms with Gasteiger partial charge in [0.2, 0.25) is 0 Å². The highest BCUT2D eigenvalue weighted by atomic mass is 16.5. The van der Waals surface area contributed by atoms with Gasteiger partial charge in [0.25, 0.3) is 0 Å². The van der Waals surface area contributed by atoms with Crippen molar-refractivity contribution < 1.29 is 9.53 Å². The summed E-state index contributed by atoms with van der Waals surface area (Å²) < 4.78 is 5.52. The molecule has 0 atom stereocenters. The van der Waals surface area contributed by atoms with Crippen LogP contribution in [-0.4, -0.2) is 24.5 Å². The number of amides is 1. The SMILES string of the molecule is CN(Cc1ccc2c(c1)CCCO2)C(=O)C#N. The molecule has 1 heterocycles. The molecular formula is C13H14N2O2. The van der Waals surface area contributed by atoms with Crippen LogP contribution in [0, 0.1) is 11.3 Å². The fourth-order valence-electron chi connectivity index (χ4n) is 1.94. The summed E-state index contributed by atoms with van der Waals surface area (Å²) >= 11 is 0. The molecule has 0 unspecified atom stereocenters. The van der Waals surface area contributed by atoms with Gasteiger partial charge in [-0.05, 0) is 30.0 Å². The zero-order valence-electron chi connectivity index (χ0n) is 9.77. The zero-order chi connectivity index (χ0) is 12.3. The number of hydrogen-bond donors (Lipinski definition) is 0. The molecule has 88 valence electrons. The van der Waals surface area contributed by atoms with Crippen LogP contribution in [0.25, 0.3) is 0 Å². The average Bonchev–Trinajstić information content (AvgIpc) is 2.37. The van der Waals surface area contributed by atoms with Crippen molar-refractivity contribution in [2.45, 2.75) is 19.4 Å². The van der Waals surface area contributed by atoms with Gasteiger partial charge in [-0.25, -0.2) is 0 Å². The predicted molar refractivity (Wildman–Crippen MR) is 62.3 cm³/mol. The van der Waals surface area contributed by atoms with E-state index >= 15 is 0 Å². The van der Waals surface area contributed by atoms with E-state index in [9.17, 15) is 4.79 Å². The maximum atomic E-state index is 11.1. The quantitative estimate of drug-likeness (QED) is 0.723. The highest BCUT2D eigenvalue weighted by Crippen LogP contribution is 2.25. The topological polar surface area (TPSA) is 53.3 Å². The zero-order valence-corrected chi connectivity index (χ0v) is 9.77. The second-order valence-corrected chi connectivity index (χ2v) is 4.17. The number of nitrogens with zero attached hydrogens (tertiary/aromatic N) is 2. The molecule has 0 saturated carbocycles. The van der Waals surface area contributed by atoms with Crippen molar-refractivity contribution in [3.63, 3.8) is 0 Å². The molecule has 0 radical (unpaired) electrons. The molecule has 0 saturated heterocycles. The largest absolute Gasteiger partial charge is 0.493 e. The minimum Gasteiger partial charge on any atom is -0.493 e. The standard InChI is InChI=1S/C13H14N2O2/c1-15(13(16)8-14)9-10-4-5-12-11(7-10)3-2-6-17-12/h4-5,7H,2-3,6,9H2,1H3. The third-order valence-corrected chi connectivity index (χ3v) is 2.84. The maximum Gasteiger partial charge on any atom is 0.325 e. The van der Waals surface area contributed by atoms with E-state index in [0.717, 1.165) is 30.8 Å². The lowest BCUT2D eigenvalue weighted by Gasteiger charge is -2.19. The highest BCUT2D eigenvalue weighted by molar-refractivity contribution is 5.90. The summed E-state index contributed by atoms with van der Waals surface area (Å²) in [6.07, 6.45) is 2.04. The van der Waals surface area contributed by atoms with Crippen molar-refractivity contribution in [1.82, 2.24) is 4.90 Å². The first kappa shape index (κ1) is 11.5. The van der Waals surface area contributed by atoms with E-state index in [1.807, 2.05) is 12.1 Å². The van der Waals surface area contributed by atoms with Crippen LogP contribution in [0.4, 0.5) is 0 Å². The number of benzene rings is 1. The van der Waals surface area contributed by atoms with Crippen LogP contribution < -0.4 is 4.74 Å². The van der Waals surface area contributed by atoms with Crippen molar-refractivity contribution >= 4 is 5.91 Å². The van der Waals surface area contributed by atoms with Gasteiger partial charge in [0.05, 0.1) is 6.61 Å². The summed E-state index contributed by atoms with van der Waals surface area (Å²) in [6, 6.07) is 7.54. The molecule has 4 heteroatoms. The Morgan fingerprint density at radius 1 is 1.59 bits per heavy atom. The molecule has 2 rings (SSSR count). The molecule has 1 aromatic carbocycles. The number of hydrogen-bond acceptors (Lipinski definition) is 3. The third-order valence-electron chi connectivity index (χ3n) is 2.84. The van der Waals surface area contributed by atoms with Gasteiger partial charge >= 0.3 is 5.91 Å². The monoisotopic (exact) mass is 230 g/mol. The molecule has 1 aliphatic rings. The summed E-state index contributed by atoms with van der Waals surface area (Å²) in [5.41, 5.74) is 2.21. The molecule has 17 heavy (non-hydrogen) atoms. The predicted octanol–water partition coefficient (Wildman–Crippen LogP) is 1.49. The Labute approximate surface area is 100 Å². The second kappa shape index (κ2) is 4.88. The molecule has 1 aromatic rings. The van der Waals surface area contributed by atoms with E-state index < -0.39 is 5.91 Å². The number of ether oxygens (including phenoxy) is 1. The summed E-state index contributed by atoms with van der Waals surface area (Å²) in [4.78, 5) is 12.6. The van der Waals surface area contributed by atoms with Crippen LogP contribution in [0.15, 0.2) is 18.2 Å². The lowest BCUT2D eigenvalue weighted by atomic mass is 10.0. The molecule has 4 nitrogen and oxygen atoms in total. The van der Waals surface area contributed by atoms with E-state index in [4.69, 9.17) is 10.00 Å². The first-order valence-electron chi connectivity index (χ1n) is 5.60. The van der Waals surface area contributed by atoms with E-state index in [0.29, 0.717) is 6.54 Å². The highest BCUT2D eigenvalue weighted by Gasteiger charge is 2.12. The molecule has 0 fully saturated rings. The fraction of sp³-hybridized carbons (Fsp3) is 0.385. The summed E-state index contributed by atoms with van der Waals surface area (Å²) in [6.45, 7) is 1.23. The summed E-state index contributed by atoms with van der Waals surface area (Å²) in [5.74, 6) is 0.424. The number of fused-ring (bicyclic) bond motifs is 1. The van der Waals surface area contributed by atoms with Gasteiger partial charge in [-0.2, -0.15) is 5.26 Å². The van der Waals surface area contributed by atoms with Gasteiger partial charge in [0, 0.05) is 13.6 Å². The van der Waals surface area contributed by atoms with Crippen molar-refractivity contribution in [2.75, 3.05) is 13.7 Å². The Kier molecular flexibility index (Phi) is 3.29. The van der Waals surface area contributed by atoms with Gasteiger partial charge in [-0.3, -0.25) is 4.79 Å². The number of nitriles is 1. The van der Waals surface area contributed by atoms with Gasteiger partial charge in [0.15, 0.2) is 6.07 Å². The molecule has 0 N–H and O–H groups in total. The van der Waals surface area contributed by atoms with Crippen molar-refractivity contribution in [1.29, 1.82) is 5.26 Å². The third kappa shape index (κ3) is 2.56. The number of aryl methyl sites for hydroxylation is 1. The van der Waals surface area contributed by atoms with E-state index in [-0.39, 0.29) is 0 Å². The maximum absolute atomic E-state index is 11.1. The smallest absolute Gasteiger partial charge is 0.325 e. The Hall–Kier alpha value is -2.02. The van der Waals surface area contributed by atoms with Gasteiger partial charge < -0.3 is 9.64 Å². The van der Waals surface area contributed by atoms with Gasteiger partial charge in [-0.1, -0.05) is 12.1 Å². The van der Waals surface area contributed by atoms with Crippen LogP contribution in [0.1, 0.15) is 17.5 Å². The molecule has 1 aliphatic heterocycles. The molecule has 0 aliphatic carbocycles. The first-order valence-corrected chi connectivity index (χ1v) is 5.60. The molecule has 0 aromatic heterocycles. The lowest BCUT2D eigenvalue weighted by molar-refractivity contribution is -0.124. The minimum atomic E-state index is -0.515. The number of carbonyl (C=O) groups excluding carboxylic acids is 1. The van der Waals surface area contributed by atoms with Crippen LogP contribution in [0.3, 0.4) is 0 Å². The van der Waals surface area contributed by atoms with Crippen molar-refractivity contribution in [3.8, 4) is 11.8 Å². The van der Waals surface area contributed by atoms with Crippen LogP contribution >= 0.6 is 0 Å². The van der Waals surface area contributed by atoms with Gasteiger partial charge in [-0.15, -0.1) is 0 Å². The minimum absolute atomic E-state index is 0.458. The van der Waals surface area contributed by atoms with Gasteiger partial charge in [0.1, 0.15) is 5.75 Å². The Morgan fingerprint density at radius 3 is 3.18 bits per heavy atom. The molecule has 1 amide bonds. The fourth-order valence-corrected chi connectivity index (χ4v) is 1.94. The molecular weight excluding hydrogens is 216 g/mol. The molecule has 0 spiro atoms. The van der Waals surface area contributed by atoms with Crippen molar-refractivity contribution in [3.05, 3.63) is 29.3 Å². The number of rotatable bonds is 2. The Morgan fingerprint density at radius 2 is 2.41 bits per heavy atom. The van der Waals surface area contributed by atoms with E-state index in [1.165, 1.54) is 10.5 Å². The molecule has 0 bridgehead atoms. The summed E-state index contributed by atoms with van der Waals surface area (Å²) in [7, 11) is 1.63. The Bertz CT molecular complexity index is 477. The lowest BCUT2D eigenvalue weighted by Crippen LogP contribution is -2.24. The normalized spacial score (nSPS) is 13.2. The average molecular weight is 230 g/mol. The summed E-state index contributed by atoms with van der Waals surface area (Å²) in [5, 5.41) is 8.51. The van der Waals surface area contributed by atoms with E-state index in [1.54, 1.807) is 13.1 Å². The second-order valence-electron chi connectivity index (χ2n) is 4.17. The van der Waals surface area contributed by atoms with Crippen LogP contribution in [0.5, 0.6) is 5.75 Å². The van der Waals surface area contributed by atoms with Crippen LogP contribution in [-0.2, 0) is 17.8 Å². The van der Waals surface area contributed by atoms with Crippen molar-refractivity contribution in [2.24, 2.45) is 0 Å². The Balaban J connectivity index is 2.12. The van der Waals surface area contributed by atoms with E-state index in [2.05, 4.69) is 6.07 Å². The van der Waals surface area contributed by atoms with Crippen LogP contribution in [0.2, 0.25) is 0 Å². The first-order chi connectivity index (χ1) is 8.20.